The van der Waals surface area contributed by atoms with Crippen molar-refractivity contribution < 1.29 is 9.53 Å². The topological polar surface area (TPSA) is 71.8 Å². The Morgan fingerprint density at radius 2 is 2.32 bits per heavy atom. The third kappa shape index (κ3) is 3.58. The van der Waals surface area contributed by atoms with Crippen LogP contribution in [0.5, 0.6) is 0 Å². The molecule has 1 N–H and O–H groups in total. The largest absolute Gasteiger partial charge is 0.469 e. The van der Waals surface area contributed by atoms with E-state index in [4.69, 9.17) is 4.74 Å². The number of methoxy groups -OCH3 is 1. The molecule has 0 radical (unpaired) electrons. The molecule has 2 heterocycles. The van der Waals surface area contributed by atoms with E-state index in [9.17, 15) is 4.79 Å². The molecule has 0 aliphatic carbocycles. The van der Waals surface area contributed by atoms with Gasteiger partial charge in [-0.1, -0.05) is 6.92 Å². The molecule has 1 aliphatic rings. The van der Waals surface area contributed by atoms with Gasteiger partial charge in [0.1, 0.15) is 0 Å². The van der Waals surface area contributed by atoms with Gasteiger partial charge in [0.15, 0.2) is 5.96 Å². The van der Waals surface area contributed by atoms with E-state index >= 15 is 0 Å². The van der Waals surface area contributed by atoms with E-state index in [1.807, 2.05) is 24.7 Å². The second-order valence-corrected chi connectivity index (χ2v) is 5.63. The monoisotopic (exact) mass is 307 g/mol. The number of hydrogen-bond acceptors (Lipinski definition) is 4. The number of aromatic nitrogens is 2. The summed E-state index contributed by atoms with van der Waals surface area (Å²) in [5.74, 6) is 0.859. The van der Waals surface area contributed by atoms with Crippen molar-refractivity contribution in [2.24, 2.45) is 23.9 Å². The molecule has 1 aliphatic heterocycles. The van der Waals surface area contributed by atoms with E-state index in [-0.39, 0.29) is 17.8 Å². The SMILES string of the molecule is CCNC(=NCc1ccnn1C)N1CC(C)C(C(=O)OC)C1. The van der Waals surface area contributed by atoms with Gasteiger partial charge in [-0.25, -0.2) is 4.99 Å². The van der Waals surface area contributed by atoms with Gasteiger partial charge in [-0.05, 0) is 18.9 Å². The van der Waals surface area contributed by atoms with Crippen molar-refractivity contribution in [2.45, 2.75) is 20.4 Å². The van der Waals surface area contributed by atoms with Crippen LogP contribution in [0.1, 0.15) is 19.5 Å². The van der Waals surface area contributed by atoms with Gasteiger partial charge in [0.2, 0.25) is 0 Å². The second kappa shape index (κ2) is 7.29. The number of rotatable bonds is 4. The number of esters is 1. The molecule has 2 unspecified atom stereocenters. The Kier molecular flexibility index (Phi) is 5.41. The first-order chi connectivity index (χ1) is 10.6. The molecule has 0 bridgehead atoms. The zero-order chi connectivity index (χ0) is 16.1. The number of aliphatic imine (C=N–C) groups is 1. The summed E-state index contributed by atoms with van der Waals surface area (Å²) in [5.41, 5.74) is 1.05. The predicted octanol–water partition coefficient (Wildman–Crippen LogP) is 0.627. The molecule has 22 heavy (non-hydrogen) atoms. The van der Waals surface area contributed by atoms with E-state index in [1.165, 1.54) is 7.11 Å². The van der Waals surface area contributed by atoms with Crippen LogP contribution in [0.3, 0.4) is 0 Å². The Labute approximate surface area is 131 Å². The molecule has 1 aromatic heterocycles. The minimum atomic E-state index is -0.141. The molecule has 7 heteroatoms. The summed E-state index contributed by atoms with van der Waals surface area (Å²) >= 11 is 0. The maximum atomic E-state index is 11.8. The van der Waals surface area contributed by atoms with Gasteiger partial charge in [-0.2, -0.15) is 5.10 Å². The number of hydrogen-bond donors (Lipinski definition) is 1. The van der Waals surface area contributed by atoms with Crippen LogP contribution in [0, 0.1) is 11.8 Å². The summed E-state index contributed by atoms with van der Waals surface area (Å²) in [6, 6.07) is 1.96. The van der Waals surface area contributed by atoms with Gasteiger partial charge in [0.05, 0.1) is 25.3 Å². The normalized spacial score (nSPS) is 22.0. The fourth-order valence-electron chi connectivity index (χ4n) is 2.74. The summed E-state index contributed by atoms with van der Waals surface area (Å²) in [7, 11) is 3.35. The van der Waals surface area contributed by atoms with Gasteiger partial charge in [0, 0.05) is 32.9 Å². The molecule has 1 saturated heterocycles. The number of likely N-dealkylation sites (tertiary alicyclic amines) is 1. The molecule has 0 amide bonds. The van der Waals surface area contributed by atoms with E-state index in [0.29, 0.717) is 13.1 Å². The summed E-state index contributed by atoms with van der Waals surface area (Å²) in [4.78, 5) is 18.6. The first-order valence-corrected chi connectivity index (χ1v) is 7.64. The number of nitrogens with zero attached hydrogens (tertiary/aromatic N) is 4. The number of aryl methyl sites for hydroxylation is 1. The summed E-state index contributed by atoms with van der Waals surface area (Å²) < 4.78 is 6.71. The lowest BCUT2D eigenvalue weighted by Gasteiger charge is -2.21. The lowest BCUT2D eigenvalue weighted by atomic mass is 9.99. The Hall–Kier alpha value is -2.05. The van der Waals surface area contributed by atoms with Gasteiger partial charge in [0.25, 0.3) is 0 Å². The fourth-order valence-corrected chi connectivity index (χ4v) is 2.74. The number of ether oxygens (including phenoxy) is 1. The average molecular weight is 307 g/mol. The molecule has 2 atom stereocenters. The Morgan fingerprint density at radius 3 is 2.91 bits per heavy atom. The molecule has 0 saturated carbocycles. The molecular formula is C15H25N5O2. The zero-order valence-corrected chi connectivity index (χ0v) is 13.7. The second-order valence-electron chi connectivity index (χ2n) is 5.63. The van der Waals surface area contributed by atoms with E-state index in [0.717, 1.165) is 24.7 Å². The highest BCUT2D eigenvalue weighted by molar-refractivity contribution is 5.82. The van der Waals surface area contributed by atoms with Gasteiger partial charge >= 0.3 is 5.97 Å². The summed E-state index contributed by atoms with van der Waals surface area (Å²) in [5, 5.41) is 7.45. The molecule has 7 nitrogen and oxygen atoms in total. The van der Waals surface area contributed by atoms with Crippen molar-refractivity contribution in [3.63, 3.8) is 0 Å². The maximum Gasteiger partial charge on any atom is 0.310 e. The van der Waals surface area contributed by atoms with Crippen molar-refractivity contribution in [1.82, 2.24) is 20.0 Å². The van der Waals surface area contributed by atoms with Crippen LogP contribution < -0.4 is 5.32 Å². The van der Waals surface area contributed by atoms with Gasteiger partial charge in [-0.15, -0.1) is 0 Å². The lowest BCUT2D eigenvalue weighted by molar-refractivity contribution is -0.145. The van der Waals surface area contributed by atoms with Crippen LogP contribution in [-0.4, -0.2) is 53.4 Å². The molecule has 1 aromatic rings. The van der Waals surface area contributed by atoms with Crippen molar-refractivity contribution in [2.75, 3.05) is 26.7 Å². The molecule has 0 spiro atoms. The number of guanidine groups is 1. The van der Waals surface area contributed by atoms with Crippen LogP contribution in [0.15, 0.2) is 17.3 Å². The third-order valence-corrected chi connectivity index (χ3v) is 4.06. The van der Waals surface area contributed by atoms with Crippen LogP contribution in [0.4, 0.5) is 0 Å². The predicted molar refractivity (Wildman–Crippen MR) is 84.3 cm³/mol. The average Bonchev–Trinajstić information content (AvgIpc) is 3.09. The standard InChI is InChI=1S/C15H25N5O2/c1-5-16-15(17-8-12-6-7-18-19(12)3)20-9-11(2)13(10-20)14(21)22-4/h6-7,11,13H,5,8-10H2,1-4H3,(H,16,17). The van der Waals surface area contributed by atoms with Crippen molar-refractivity contribution >= 4 is 11.9 Å². The Balaban J connectivity index is 2.08. The highest BCUT2D eigenvalue weighted by Crippen LogP contribution is 2.24. The minimum Gasteiger partial charge on any atom is -0.469 e. The molecule has 2 rings (SSSR count). The van der Waals surface area contributed by atoms with Crippen LogP contribution >= 0.6 is 0 Å². The quantitative estimate of drug-likeness (QED) is 0.502. The summed E-state index contributed by atoms with van der Waals surface area (Å²) in [6.45, 7) is 6.91. The number of nitrogens with one attached hydrogen (secondary N) is 1. The Morgan fingerprint density at radius 1 is 1.55 bits per heavy atom. The fraction of sp³-hybridized carbons (Fsp3) is 0.667. The molecule has 0 aromatic carbocycles. The van der Waals surface area contributed by atoms with Crippen molar-refractivity contribution in [1.29, 1.82) is 0 Å². The molecule has 122 valence electrons. The van der Waals surface area contributed by atoms with Crippen LogP contribution in [-0.2, 0) is 23.1 Å². The summed E-state index contributed by atoms with van der Waals surface area (Å²) in [6.07, 6.45) is 1.77. The number of carbonyl (C=O) groups excluding carboxylic acids is 1. The lowest BCUT2D eigenvalue weighted by Crippen LogP contribution is -2.40. The van der Waals surface area contributed by atoms with Crippen molar-refractivity contribution in [3.05, 3.63) is 18.0 Å². The first kappa shape index (κ1) is 16.3. The van der Waals surface area contributed by atoms with E-state index < -0.39 is 0 Å². The highest BCUT2D eigenvalue weighted by Gasteiger charge is 2.36. The maximum absolute atomic E-state index is 11.8. The molecular weight excluding hydrogens is 282 g/mol. The van der Waals surface area contributed by atoms with Gasteiger partial charge < -0.3 is 15.0 Å². The first-order valence-electron chi connectivity index (χ1n) is 7.64. The van der Waals surface area contributed by atoms with Crippen LogP contribution in [0.25, 0.3) is 0 Å². The third-order valence-electron chi connectivity index (χ3n) is 4.06. The Bertz CT molecular complexity index is 540. The zero-order valence-electron chi connectivity index (χ0n) is 13.7. The smallest absolute Gasteiger partial charge is 0.310 e. The highest BCUT2D eigenvalue weighted by atomic mass is 16.5. The van der Waals surface area contributed by atoms with Crippen molar-refractivity contribution in [3.8, 4) is 0 Å². The van der Waals surface area contributed by atoms with Crippen LogP contribution in [0.2, 0.25) is 0 Å². The van der Waals surface area contributed by atoms with E-state index in [2.05, 4.69) is 27.2 Å². The van der Waals surface area contributed by atoms with Gasteiger partial charge in [-0.3, -0.25) is 9.48 Å². The minimum absolute atomic E-state index is 0.0921. The van der Waals surface area contributed by atoms with E-state index in [1.54, 1.807) is 6.20 Å². The molecule has 1 fully saturated rings. The number of carbonyl (C=O) groups is 1.